The average Bonchev–Trinajstić information content (AvgIpc) is 3.19. The molecule has 132 valence electrons. The topological polar surface area (TPSA) is 88.8 Å². The first-order valence-corrected chi connectivity index (χ1v) is 8.47. The Bertz CT molecular complexity index is 611. The number of likely N-dealkylation sites (tertiary alicyclic amines) is 1. The van der Waals surface area contributed by atoms with E-state index in [1.165, 1.54) is 0 Å². The van der Waals surface area contributed by atoms with E-state index in [2.05, 4.69) is 10.1 Å². The summed E-state index contributed by atoms with van der Waals surface area (Å²) in [6, 6.07) is 0. The van der Waals surface area contributed by atoms with Gasteiger partial charge in [0, 0.05) is 32.5 Å². The summed E-state index contributed by atoms with van der Waals surface area (Å²) in [6.07, 6.45) is 2.22. The molecule has 0 aliphatic carbocycles. The average molecular weight is 336 g/mol. The minimum atomic E-state index is -0.751. The first kappa shape index (κ1) is 16.9. The summed E-state index contributed by atoms with van der Waals surface area (Å²) in [7, 11) is 0. The second-order valence-electron chi connectivity index (χ2n) is 6.56. The second kappa shape index (κ2) is 6.88. The van der Waals surface area contributed by atoms with Crippen LogP contribution in [0.2, 0.25) is 0 Å². The zero-order valence-corrected chi connectivity index (χ0v) is 14.3. The third kappa shape index (κ3) is 3.28. The van der Waals surface area contributed by atoms with Gasteiger partial charge in [-0.1, -0.05) is 5.16 Å². The van der Waals surface area contributed by atoms with Gasteiger partial charge in [0.05, 0.1) is 13.2 Å². The molecule has 1 aromatic rings. The molecule has 3 heterocycles. The Hall–Kier alpha value is -1.96. The number of morpholine rings is 1. The molecule has 2 saturated heterocycles. The summed E-state index contributed by atoms with van der Waals surface area (Å²) in [6.45, 7) is 6.56. The molecule has 8 nitrogen and oxygen atoms in total. The number of aromatic nitrogens is 2. The molecule has 3 rings (SSSR count). The SMILES string of the molecule is Cc1noc(CCC(=O)N2CCC[C@@]2(C)C(=O)N2CCOCC2)n1. The fraction of sp³-hybridized carbons (Fsp3) is 0.750. The minimum absolute atomic E-state index is 0.0327. The quantitative estimate of drug-likeness (QED) is 0.798. The number of hydrogen-bond acceptors (Lipinski definition) is 6. The Labute approximate surface area is 141 Å². The molecule has 0 saturated carbocycles. The molecular weight excluding hydrogens is 312 g/mol. The molecule has 24 heavy (non-hydrogen) atoms. The highest BCUT2D eigenvalue weighted by Crippen LogP contribution is 2.32. The zero-order valence-electron chi connectivity index (χ0n) is 14.3. The van der Waals surface area contributed by atoms with Gasteiger partial charge >= 0.3 is 0 Å². The van der Waals surface area contributed by atoms with Crippen LogP contribution in [0.5, 0.6) is 0 Å². The van der Waals surface area contributed by atoms with E-state index in [-0.39, 0.29) is 18.2 Å². The van der Waals surface area contributed by atoms with Crippen molar-refractivity contribution in [3.05, 3.63) is 11.7 Å². The van der Waals surface area contributed by atoms with E-state index in [9.17, 15) is 9.59 Å². The van der Waals surface area contributed by atoms with Crippen molar-refractivity contribution in [1.82, 2.24) is 19.9 Å². The molecule has 0 N–H and O–H groups in total. The van der Waals surface area contributed by atoms with Crippen LogP contribution in [0, 0.1) is 6.92 Å². The Morgan fingerprint density at radius 1 is 1.25 bits per heavy atom. The zero-order chi connectivity index (χ0) is 17.2. The van der Waals surface area contributed by atoms with E-state index in [4.69, 9.17) is 9.26 Å². The monoisotopic (exact) mass is 336 g/mol. The van der Waals surface area contributed by atoms with E-state index in [1.807, 2.05) is 11.8 Å². The van der Waals surface area contributed by atoms with Crippen LogP contribution < -0.4 is 0 Å². The maximum atomic E-state index is 13.0. The Morgan fingerprint density at radius 3 is 2.67 bits per heavy atom. The summed E-state index contributed by atoms with van der Waals surface area (Å²) in [5.41, 5.74) is -0.751. The predicted octanol–water partition coefficient (Wildman–Crippen LogP) is 0.551. The van der Waals surface area contributed by atoms with Crippen molar-refractivity contribution in [3.8, 4) is 0 Å². The molecule has 0 spiro atoms. The molecule has 0 aromatic carbocycles. The van der Waals surface area contributed by atoms with Crippen LogP contribution in [0.4, 0.5) is 0 Å². The predicted molar refractivity (Wildman–Crippen MR) is 84.1 cm³/mol. The van der Waals surface area contributed by atoms with Crippen LogP contribution in [0.1, 0.15) is 37.9 Å². The fourth-order valence-corrected chi connectivity index (χ4v) is 3.48. The number of rotatable bonds is 4. The van der Waals surface area contributed by atoms with Crippen molar-refractivity contribution >= 4 is 11.8 Å². The molecule has 1 aromatic heterocycles. The van der Waals surface area contributed by atoms with Crippen LogP contribution in [0.25, 0.3) is 0 Å². The molecule has 0 bridgehead atoms. The van der Waals surface area contributed by atoms with E-state index in [1.54, 1.807) is 11.8 Å². The third-order valence-electron chi connectivity index (χ3n) is 4.82. The second-order valence-corrected chi connectivity index (χ2v) is 6.56. The summed E-state index contributed by atoms with van der Waals surface area (Å²) in [5, 5.41) is 3.73. The normalized spacial score (nSPS) is 24.4. The van der Waals surface area contributed by atoms with Crippen LogP contribution in [-0.4, -0.2) is 70.1 Å². The lowest BCUT2D eigenvalue weighted by atomic mass is 9.96. The summed E-state index contributed by atoms with van der Waals surface area (Å²) < 4.78 is 10.4. The molecule has 8 heteroatoms. The number of carbonyl (C=O) groups excluding carboxylic acids is 2. The molecule has 1 atom stereocenters. The van der Waals surface area contributed by atoms with Crippen LogP contribution in [-0.2, 0) is 20.7 Å². The summed E-state index contributed by atoms with van der Waals surface area (Å²) in [5.74, 6) is 1.02. The number of ether oxygens (including phenoxy) is 1. The third-order valence-corrected chi connectivity index (χ3v) is 4.82. The number of aryl methyl sites for hydroxylation is 2. The number of amides is 2. The highest BCUT2D eigenvalue weighted by molar-refractivity contribution is 5.91. The first-order chi connectivity index (χ1) is 11.5. The van der Waals surface area contributed by atoms with Gasteiger partial charge in [-0.2, -0.15) is 4.98 Å². The minimum Gasteiger partial charge on any atom is -0.378 e. The van der Waals surface area contributed by atoms with Gasteiger partial charge in [0.1, 0.15) is 5.54 Å². The van der Waals surface area contributed by atoms with E-state index in [0.717, 1.165) is 6.42 Å². The van der Waals surface area contributed by atoms with Gasteiger partial charge in [-0.15, -0.1) is 0 Å². The van der Waals surface area contributed by atoms with Gasteiger partial charge in [0.2, 0.25) is 17.7 Å². The lowest BCUT2D eigenvalue weighted by molar-refractivity contribution is -0.153. The number of nitrogens with zero attached hydrogens (tertiary/aromatic N) is 4. The Balaban J connectivity index is 1.64. The number of hydrogen-bond donors (Lipinski definition) is 0. The van der Waals surface area contributed by atoms with Gasteiger partial charge in [-0.05, 0) is 26.7 Å². The van der Waals surface area contributed by atoms with Crippen molar-refractivity contribution in [1.29, 1.82) is 0 Å². The van der Waals surface area contributed by atoms with Gasteiger partial charge < -0.3 is 19.1 Å². The number of carbonyl (C=O) groups is 2. The molecule has 0 unspecified atom stereocenters. The van der Waals surface area contributed by atoms with Crippen molar-refractivity contribution in [2.75, 3.05) is 32.8 Å². The van der Waals surface area contributed by atoms with Gasteiger partial charge in [-0.3, -0.25) is 9.59 Å². The van der Waals surface area contributed by atoms with Crippen LogP contribution in [0.3, 0.4) is 0 Å². The van der Waals surface area contributed by atoms with E-state index >= 15 is 0 Å². The van der Waals surface area contributed by atoms with E-state index in [0.29, 0.717) is 57.4 Å². The maximum Gasteiger partial charge on any atom is 0.248 e. The molecule has 0 radical (unpaired) electrons. The lowest BCUT2D eigenvalue weighted by Crippen LogP contribution is -2.58. The van der Waals surface area contributed by atoms with Crippen LogP contribution >= 0.6 is 0 Å². The summed E-state index contributed by atoms with van der Waals surface area (Å²) >= 11 is 0. The molecule has 2 amide bonds. The van der Waals surface area contributed by atoms with Crippen molar-refractivity contribution < 1.29 is 18.8 Å². The molecule has 2 fully saturated rings. The standard InChI is InChI=1S/C16H24N4O4/c1-12-17-13(24-18-12)4-5-14(21)20-7-3-6-16(20,2)15(22)19-8-10-23-11-9-19/h3-11H2,1-2H3/t16-/m0/s1. The van der Waals surface area contributed by atoms with Crippen molar-refractivity contribution in [2.45, 2.75) is 45.1 Å². The highest BCUT2D eigenvalue weighted by atomic mass is 16.5. The fourth-order valence-electron chi connectivity index (χ4n) is 3.48. The molecule has 2 aliphatic rings. The Morgan fingerprint density at radius 2 is 2.00 bits per heavy atom. The van der Waals surface area contributed by atoms with Gasteiger partial charge in [0.25, 0.3) is 0 Å². The van der Waals surface area contributed by atoms with Gasteiger partial charge in [-0.25, -0.2) is 0 Å². The Kier molecular flexibility index (Phi) is 4.84. The molecular formula is C16H24N4O4. The maximum absolute atomic E-state index is 13.0. The van der Waals surface area contributed by atoms with Crippen molar-refractivity contribution in [3.63, 3.8) is 0 Å². The first-order valence-electron chi connectivity index (χ1n) is 8.47. The smallest absolute Gasteiger partial charge is 0.248 e. The molecule has 2 aliphatic heterocycles. The summed E-state index contributed by atoms with van der Waals surface area (Å²) in [4.78, 5) is 33.3. The lowest BCUT2D eigenvalue weighted by Gasteiger charge is -2.39. The van der Waals surface area contributed by atoms with E-state index < -0.39 is 5.54 Å². The van der Waals surface area contributed by atoms with Crippen molar-refractivity contribution in [2.24, 2.45) is 0 Å². The van der Waals surface area contributed by atoms with Gasteiger partial charge in [0.15, 0.2) is 5.82 Å². The highest BCUT2D eigenvalue weighted by Gasteiger charge is 2.47. The largest absolute Gasteiger partial charge is 0.378 e. The van der Waals surface area contributed by atoms with Crippen LogP contribution in [0.15, 0.2) is 4.52 Å².